The Balaban J connectivity index is 1.79. The fourth-order valence-corrected chi connectivity index (χ4v) is 5.96. The van der Waals surface area contributed by atoms with Crippen molar-refractivity contribution in [2.24, 2.45) is 5.73 Å². The Bertz CT molecular complexity index is 1340. The first-order valence-corrected chi connectivity index (χ1v) is 12.9. The van der Waals surface area contributed by atoms with E-state index in [9.17, 15) is 14.4 Å². The molecule has 1 spiro atoms. The molecule has 5 rings (SSSR count). The number of ketones is 1. The van der Waals surface area contributed by atoms with Gasteiger partial charge in [0.15, 0.2) is 5.78 Å². The molecule has 1 unspecified atom stereocenters. The van der Waals surface area contributed by atoms with Crippen LogP contribution in [0.2, 0.25) is 0 Å². The molecule has 0 radical (unpaired) electrons. The van der Waals surface area contributed by atoms with Crippen molar-refractivity contribution in [1.82, 2.24) is 0 Å². The Hall–Kier alpha value is -4.07. The molecule has 192 valence electrons. The molecule has 0 fully saturated rings. The Morgan fingerprint density at radius 3 is 2.43 bits per heavy atom. The molecule has 2 aromatic rings. The van der Waals surface area contributed by atoms with Crippen LogP contribution in [-0.2, 0) is 24.5 Å². The highest BCUT2D eigenvalue weighted by Gasteiger charge is 2.61. The predicted molar refractivity (Wildman–Crippen MR) is 143 cm³/mol. The summed E-state index contributed by atoms with van der Waals surface area (Å²) in [5, 5.41) is 2.90. The fraction of sp³-hybridized carbons (Fsp3) is 0.345. The van der Waals surface area contributed by atoms with E-state index in [-0.39, 0.29) is 23.8 Å². The summed E-state index contributed by atoms with van der Waals surface area (Å²) in [4.78, 5) is 45.2. The van der Waals surface area contributed by atoms with Gasteiger partial charge >= 0.3 is 5.97 Å². The van der Waals surface area contributed by atoms with Gasteiger partial charge in [-0.3, -0.25) is 14.5 Å². The highest BCUT2D eigenvalue weighted by molar-refractivity contribution is 6.23. The number of nitrogens with two attached hydrogens (primary N) is 1. The summed E-state index contributed by atoms with van der Waals surface area (Å²) in [5.74, 6) is -1.22. The number of fused-ring (bicyclic) bond motifs is 3. The second-order valence-electron chi connectivity index (χ2n) is 9.35. The highest BCUT2D eigenvalue weighted by Crippen LogP contribution is 2.55. The van der Waals surface area contributed by atoms with Gasteiger partial charge in [0, 0.05) is 53.4 Å². The van der Waals surface area contributed by atoms with Crippen molar-refractivity contribution < 1.29 is 19.1 Å². The third kappa shape index (κ3) is 3.54. The van der Waals surface area contributed by atoms with Gasteiger partial charge in [-0.05, 0) is 63.9 Å². The summed E-state index contributed by atoms with van der Waals surface area (Å²) in [5.41, 5.74) is 9.02. The largest absolute Gasteiger partial charge is 0.462 e. The number of hydrogen-bond donors (Lipinski definition) is 2. The van der Waals surface area contributed by atoms with Crippen LogP contribution in [-0.4, -0.2) is 37.4 Å². The average molecular weight is 501 g/mol. The van der Waals surface area contributed by atoms with Crippen LogP contribution >= 0.6 is 0 Å². The number of hydrogen-bond acceptors (Lipinski definition) is 7. The van der Waals surface area contributed by atoms with Crippen LogP contribution in [0.1, 0.15) is 45.6 Å². The van der Waals surface area contributed by atoms with Gasteiger partial charge in [0.2, 0.25) is 5.91 Å². The van der Waals surface area contributed by atoms with E-state index < -0.39 is 17.3 Å². The number of benzene rings is 2. The number of nitrogens with one attached hydrogen (secondary N) is 1. The van der Waals surface area contributed by atoms with E-state index in [1.54, 1.807) is 36.1 Å². The summed E-state index contributed by atoms with van der Waals surface area (Å²) in [7, 11) is 0. The molecular formula is C29H32N4O4. The number of ether oxygens (including phenoxy) is 1. The van der Waals surface area contributed by atoms with Crippen LogP contribution < -0.4 is 20.9 Å². The zero-order valence-electron chi connectivity index (χ0n) is 21.5. The van der Waals surface area contributed by atoms with Crippen molar-refractivity contribution in [2.45, 2.75) is 45.4 Å². The molecule has 1 atom stereocenters. The zero-order chi connectivity index (χ0) is 26.3. The molecule has 1 amide bonds. The Morgan fingerprint density at radius 2 is 1.76 bits per heavy atom. The van der Waals surface area contributed by atoms with Crippen LogP contribution in [0.4, 0.5) is 17.1 Å². The lowest BCUT2D eigenvalue weighted by molar-refractivity contribution is -0.140. The standard InChI is InChI=1S/C29H32N4O4/c1-4-32(5-2)18-14-16-19(17-15-18)33-22-12-9-13-23(34)24(22)29(25(26(33)30)27(35)37-6-3)20-10-7-8-11-21(20)31-28(29)36/h7-8,10-11,14-17H,4-6,9,12-13,30H2,1-3H3,(H,31,36). The number of amides is 1. The van der Waals surface area contributed by atoms with Gasteiger partial charge in [-0.1, -0.05) is 18.2 Å². The molecule has 0 aromatic heterocycles. The number of Topliss-reactive ketones (excluding diaryl/α,β-unsaturated/α-hetero) is 1. The molecule has 2 heterocycles. The number of anilines is 3. The van der Waals surface area contributed by atoms with Gasteiger partial charge in [-0.25, -0.2) is 4.79 Å². The third-order valence-electron chi connectivity index (χ3n) is 7.54. The topological polar surface area (TPSA) is 105 Å². The van der Waals surface area contributed by atoms with E-state index >= 15 is 0 Å². The van der Waals surface area contributed by atoms with E-state index in [1.165, 1.54) is 0 Å². The summed E-state index contributed by atoms with van der Waals surface area (Å²) in [6.45, 7) is 7.75. The normalized spacial score (nSPS) is 20.7. The second kappa shape index (κ2) is 9.42. The maximum Gasteiger partial charge on any atom is 0.339 e. The summed E-state index contributed by atoms with van der Waals surface area (Å²) in [6.07, 6.45) is 1.47. The van der Waals surface area contributed by atoms with E-state index in [0.717, 1.165) is 24.5 Å². The summed E-state index contributed by atoms with van der Waals surface area (Å²) >= 11 is 0. The van der Waals surface area contributed by atoms with Crippen molar-refractivity contribution in [3.8, 4) is 0 Å². The molecule has 2 aromatic carbocycles. The molecule has 3 N–H and O–H groups in total. The van der Waals surface area contributed by atoms with Gasteiger partial charge in [0.1, 0.15) is 16.8 Å². The maximum atomic E-state index is 13.9. The molecular weight excluding hydrogens is 468 g/mol. The number of esters is 1. The van der Waals surface area contributed by atoms with Gasteiger partial charge in [0.25, 0.3) is 0 Å². The molecule has 2 aliphatic heterocycles. The van der Waals surface area contributed by atoms with Gasteiger partial charge < -0.3 is 20.7 Å². The first kappa shape index (κ1) is 24.6. The van der Waals surface area contributed by atoms with Crippen molar-refractivity contribution in [2.75, 3.05) is 34.8 Å². The molecule has 8 heteroatoms. The van der Waals surface area contributed by atoms with E-state index in [2.05, 4.69) is 24.1 Å². The SMILES string of the molecule is CCOC(=O)C1=C(N)N(c2ccc(N(CC)CC)cc2)C2=C(C(=O)CCC2)C12C(=O)Nc1ccccc12. The summed E-state index contributed by atoms with van der Waals surface area (Å²) < 4.78 is 5.46. The number of para-hydroxylation sites is 1. The molecule has 1 aliphatic carbocycles. The van der Waals surface area contributed by atoms with Crippen LogP contribution in [0.5, 0.6) is 0 Å². The van der Waals surface area contributed by atoms with E-state index in [1.807, 2.05) is 24.3 Å². The number of carbonyl (C=O) groups excluding carboxylic acids is 3. The van der Waals surface area contributed by atoms with Crippen molar-refractivity contribution in [3.05, 3.63) is 76.8 Å². The lowest BCUT2D eigenvalue weighted by Gasteiger charge is -2.44. The number of nitrogens with zero attached hydrogens (tertiary/aromatic N) is 2. The smallest absolute Gasteiger partial charge is 0.339 e. The summed E-state index contributed by atoms with van der Waals surface area (Å²) in [6, 6.07) is 15.0. The highest BCUT2D eigenvalue weighted by atomic mass is 16.5. The van der Waals surface area contributed by atoms with Crippen molar-refractivity contribution >= 4 is 34.7 Å². The van der Waals surface area contributed by atoms with Gasteiger partial charge in [-0.2, -0.15) is 0 Å². The third-order valence-corrected chi connectivity index (χ3v) is 7.54. The van der Waals surface area contributed by atoms with Crippen LogP contribution in [0.3, 0.4) is 0 Å². The zero-order valence-corrected chi connectivity index (χ0v) is 21.5. The molecule has 3 aliphatic rings. The molecule has 8 nitrogen and oxygen atoms in total. The van der Waals surface area contributed by atoms with Crippen LogP contribution in [0, 0.1) is 0 Å². The lowest BCUT2D eigenvalue weighted by atomic mass is 9.63. The van der Waals surface area contributed by atoms with Crippen LogP contribution in [0.15, 0.2) is 71.2 Å². The number of rotatable bonds is 6. The minimum atomic E-state index is -1.66. The van der Waals surface area contributed by atoms with E-state index in [4.69, 9.17) is 10.5 Å². The number of allylic oxidation sites excluding steroid dienone is 1. The average Bonchev–Trinajstić information content (AvgIpc) is 3.17. The quantitative estimate of drug-likeness (QED) is 0.578. The predicted octanol–water partition coefficient (Wildman–Crippen LogP) is 3.98. The number of carbonyl (C=O) groups is 3. The van der Waals surface area contributed by atoms with Crippen molar-refractivity contribution in [1.29, 1.82) is 0 Å². The van der Waals surface area contributed by atoms with Crippen LogP contribution in [0.25, 0.3) is 0 Å². The minimum Gasteiger partial charge on any atom is -0.462 e. The molecule has 0 bridgehead atoms. The molecule has 0 saturated heterocycles. The lowest BCUT2D eigenvalue weighted by Crippen LogP contribution is -2.53. The first-order valence-electron chi connectivity index (χ1n) is 12.9. The van der Waals surface area contributed by atoms with Gasteiger partial charge in [0.05, 0.1) is 6.61 Å². The minimum absolute atomic E-state index is 0.0152. The van der Waals surface area contributed by atoms with E-state index in [0.29, 0.717) is 41.8 Å². The first-order chi connectivity index (χ1) is 17.9. The Labute approximate surface area is 216 Å². The van der Waals surface area contributed by atoms with Crippen molar-refractivity contribution in [3.63, 3.8) is 0 Å². The Morgan fingerprint density at radius 1 is 1.05 bits per heavy atom. The van der Waals surface area contributed by atoms with Gasteiger partial charge in [-0.15, -0.1) is 0 Å². The fourth-order valence-electron chi connectivity index (χ4n) is 5.96. The molecule has 0 saturated carbocycles. The Kier molecular flexibility index (Phi) is 6.27. The maximum absolute atomic E-state index is 13.9. The molecule has 37 heavy (non-hydrogen) atoms. The second-order valence-corrected chi connectivity index (χ2v) is 9.35. The monoisotopic (exact) mass is 500 g/mol.